The van der Waals surface area contributed by atoms with Gasteiger partial charge in [-0.2, -0.15) is 0 Å². The first-order chi connectivity index (χ1) is 8.52. The van der Waals surface area contributed by atoms with Gasteiger partial charge >= 0.3 is 11.9 Å². The molecule has 2 N–H and O–H groups in total. The Bertz CT molecular complexity index is 414. The lowest BCUT2D eigenvalue weighted by molar-refractivity contribution is -0.137. The van der Waals surface area contributed by atoms with Crippen molar-refractivity contribution in [3.05, 3.63) is 29.8 Å². The van der Waals surface area contributed by atoms with Crippen molar-refractivity contribution < 1.29 is 19.4 Å². The Morgan fingerprint density at radius 3 is 2.44 bits per heavy atom. The van der Waals surface area contributed by atoms with Gasteiger partial charge in [0, 0.05) is 18.2 Å². The van der Waals surface area contributed by atoms with Gasteiger partial charge in [0.15, 0.2) is 0 Å². The number of carbonyl (C=O) groups excluding carboxylic acids is 1. The van der Waals surface area contributed by atoms with E-state index >= 15 is 0 Å². The molecule has 0 saturated carbocycles. The molecule has 0 aliphatic rings. The molecule has 18 heavy (non-hydrogen) atoms. The second-order valence-electron chi connectivity index (χ2n) is 4.05. The lowest BCUT2D eigenvalue weighted by atomic mass is 10.1. The quantitative estimate of drug-likeness (QED) is 0.757. The number of carboxylic acids is 1. The molecule has 1 unspecified atom stereocenters. The highest BCUT2D eigenvalue weighted by molar-refractivity contribution is 5.89. The normalized spacial score (nSPS) is 11.7. The van der Waals surface area contributed by atoms with Crippen molar-refractivity contribution in [3.63, 3.8) is 0 Å². The maximum atomic E-state index is 11.2. The lowest BCUT2D eigenvalue weighted by Gasteiger charge is -2.14. The summed E-state index contributed by atoms with van der Waals surface area (Å²) in [6.07, 6.45) is 0.683. The summed E-state index contributed by atoms with van der Waals surface area (Å²) in [4.78, 5) is 21.6. The van der Waals surface area contributed by atoms with Gasteiger partial charge in [0.2, 0.25) is 0 Å². The van der Waals surface area contributed by atoms with Crippen LogP contribution >= 0.6 is 0 Å². The molecular formula is C13H17NO4. The molecule has 0 bridgehead atoms. The van der Waals surface area contributed by atoms with Crippen molar-refractivity contribution in [3.8, 4) is 0 Å². The second-order valence-corrected chi connectivity index (χ2v) is 4.05. The molecular weight excluding hydrogens is 234 g/mol. The van der Waals surface area contributed by atoms with Crippen molar-refractivity contribution in [1.82, 2.24) is 0 Å². The van der Waals surface area contributed by atoms with Crippen LogP contribution in [0.2, 0.25) is 0 Å². The Labute approximate surface area is 106 Å². The minimum Gasteiger partial charge on any atom is -0.481 e. The summed E-state index contributed by atoms with van der Waals surface area (Å²) in [5.74, 6) is -1.18. The third-order valence-corrected chi connectivity index (χ3v) is 2.51. The van der Waals surface area contributed by atoms with Crippen LogP contribution in [0.15, 0.2) is 24.3 Å². The molecule has 0 heterocycles. The van der Waals surface area contributed by atoms with Crippen molar-refractivity contribution in [2.24, 2.45) is 0 Å². The largest absolute Gasteiger partial charge is 0.481 e. The van der Waals surface area contributed by atoms with Gasteiger partial charge in [-0.3, -0.25) is 4.79 Å². The number of benzene rings is 1. The molecule has 0 spiro atoms. The summed E-state index contributed by atoms with van der Waals surface area (Å²) in [5, 5.41) is 11.7. The standard InChI is InChI=1S/C13H17NO4/c1-9(3-8-12(15)16)14-11-6-4-10(5-7-11)13(17)18-2/h4-7,9,14H,3,8H2,1-2H3,(H,15,16). The molecule has 0 saturated heterocycles. The zero-order valence-corrected chi connectivity index (χ0v) is 10.5. The predicted molar refractivity (Wildman–Crippen MR) is 67.7 cm³/mol. The summed E-state index contributed by atoms with van der Waals surface area (Å²) in [5.41, 5.74) is 1.33. The molecule has 1 atom stereocenters. The maximum Gasteiger partial charge on any atom is 0.337 e. The summed E-state index contributed by atoms with van der Waals surface area (Å²) in [7, 11) is 1.34. The van der Waals surface area contributed by atoms with Crippen LogP contribution < -0.4 is 5.32 Å². The molecule has 0 aliphatic heterocycles. The van der Waals surface area contributed by atoms with Crippen LogP contribution in [-0.2, 0) is 9.53 Å². The fraction of sp³-hybridized carbons (Fsp3) is 0.385. The highest BCUT2D eigenvalue weighted by atomic mass is 16.5. The van der Waals surface area contributed by atoms with Crippen molar-refractivity contribution in [2.45, 2.75) is 25.8 Å². The Balaban J connectivity index is 2.53. The zero-order valence-electron chi connectivity index (χ0n) is 10.5. The highest BCUT2D eigenvalue weighted by Crippen LogP contribution is 2.13. The number of hydrogen-bond donors (Lipinski definition) is 2. The van der Waals surface area contributed by atoms with E-state index in [-0.39, 0.29) is 18.4 Å². The van der Waals surface area contributed by atoms with Crippen LogP contribution in [0.3, 0.4) is 0 Å². The molecule has 0 amide bonds. The van der Waals surface area contributed by atoms with Crippen molar-refractivity contribution >= 4 is 17.6 Å². The third kappa shape index (κ3) is 4.45. The van der Waals surface area contributed by atoms with E-state index in [2.05, 4.69) is 10.1 Å². The Kier molecular flexibility index (Phi) is 5.17. The van der Waals surface area contributed by atoms with Gasteiger partial charge in [0.05, 0.1) is 12.7 Å². The number of esters is 1. The first kappa shape index (κ1) is 14.0. The maximum absolute atomic E-state index is 11.2. The molecule has 0 radical (unpaired) electrons. The summed E-state index contributed by atoms with van der Waals surface area (Å²) >= 11 is 0. The Hall–Kier alpha value is -2.04. The number of nitrogens with one attached hydrogen (secondary N) is 1. The SMILES string of the molecule is COC(=O)c1ccc(NC(C)CCC(=O)O)cc1. The molecule has 1 aromatic carbocycles. The summed E-state index contributed by atoms with van der Waals surface area (Å²) < 4.78 is 4.60. The third-order valence-electron chi connectivity index (χ3n) is 2.51. The van der Waals surface area contributed by atoms with Gasteiger partial charge < -0.3 is 15.2 Å². The molecule has 1 aromatic rings. The van der Waals surface area contributed by atoms with Gasteiger partial charge in [-0.25, -0.2) is 4.79 Å². The van der Waals surface area contributed by atoms with Gasteiger partial charge in [-0.05, 0) is 37.6 Å². The first-order valence-corrected chi connectivity index (χ1v) is 5.69. The first-order valence-electron chi connectivity index (χ1n) is 5.69. The number of aliphatic carboxylic acids is 1. The summed E-state index contributed by atoms with van der Waals surface area (Å²) in [6, 6.07) is 6.92. The highest BCUT2D eigenvalue weighted by Gasteiger charge is 2.07. The molecule has 5 nitrogen and oxygen atoms in total. The molecule has 0 aliphatic carbocycles. The monoisotopic (exact) mass is 251 g/mol. The van der Waals surface area contributed by atoms with E-state index in [1.807, 2.05) is 6.92 Å². The van der Waals surface area contributed by atoms with Crippen LogP contribution in [-0.4, -0.2) is 30.2 Å². The Morgan fingerprint density at radius 2 is 1.94 bits per heavy atom. The van der Waals surface area contributed by atoms with Crippen LogP contribution in [0.4, 0.5) is 5.69 Å². The minimum absolute atomic E-state index is 0.0603. The number of hydrogen-bond acceptors (Lipinski definition) is 4. The van der Waals surface area contributed by atoms with E-state index in [4.69, 9.17) is 5.11 Å². The number of rotatable bonds is 6. The lowest BCUT2D eigenvalue weighted by Crippen LogP contribution is -2.16. The zero-order chi connectivity index (χ0) is 13.5. The van der Waals surface area contributed by atoms with Gasteiger partial charge in [0.25, 0.3) is 0 Å². The van der Waals surface area contributed by atoms with E-state index in [0.29, 0.717) is 12.0 Å². The molecule has 5 heteroatoms. The summed E-state index contributed by atoms with van der Waals surface area (Å²) in [6.45, 7) is 1.91. The minimum atomic E-state index is -0.801. The fourth-order valence-corrected chi connectivity index (χ4v) is 1.52. The van der Waals surface area contributed by atoms with E-state index in [0.717, 1.165) is 5.69 Å². The number of methoxy groups -OCH3 is 1. The molecule has 1 rings (SSSR count). The average molecular weight is 251 g/mol. The van der Waals surface area contributed by atoms with E-state index < -0.39 is 5.97 Å². The van der Waals surface area contributed by atoms with Crippen LogP contribution in [0.25, 0.3) is 0 Å². The fourth-order valence-electron chi connectivity index (χ4n) is 1.52. The van der Waals surface area contributed by atoms with E-state index in [9.17, 15) is 9.59 Å². The van der Waals surface area contributed by atoms with Gasteiger partial charge in [-0.15, -0.1) is 0 Å². The van der Waals surface area contributed by atoms with Crippen LogP contribution in [0.1, 0.15) is 30.1 Å². The molecule has 98 valence electrons. The van der Waals surface area contributed by atoms with Crippen LogP contribution in [0, 0.1) is 0 Å². The van der Waals surface area contributed by atoms with Crippen molar-refractivity contribution in [1.29, 1.82) is 0 Å². The van der Waals surface area contributed by atoms with E-state index in [1.54, 1.807) is 24.3 Å². The molecule has 0 fully saturated rings. The number of anilines is 1. The topological polar surface area (TPSA) is 75.6 Å². The average Bonchev–Trinajstić information content (AvgIpc) is 2.36. The number of carboxylic acid groups (broad SMARTS) is 1. The Morgan fingerprint density at radius 1 is 1.33 bits per heavy atom. The van der Waals surface area contributed by atoms with Gasteiger partial charge in [-0.1, -0.05) is 0 Å². The van der Waals surface area contributed by atoms with Crippen molar-refractivity contribution in [2.75, 3.05) is 12.4 Å². The number of carbonyl (C=O) groups is 2. The smallest absolute Gasteiger partial charge is 0.337 e. The second kappa shape index (κ2) is 6.64. The van der Waals surface area contributed by atoms with Gasteiger partial charge in [0.1, 0.15) is 0 Å². The van der Waals surface area contributed by atoms with E-state index in [1.165, 1.54) is 7.11 Å². The number of ether oxygens (including phenoxy) is 1. The van der Waals surface area contributed by atoms with Crippen LogP contribution in [0.5, 0.6) is 0 Å². The predicted octanol–water partition coefficient (Wildman–Crippen LogP) is 2.14. The molecule has 0 aromatic heterocycles.